The van der Waals surface area contributed by atoms with Crippen LogP contribution in [0.15, 0.2) is 77.9 Å². The fourth-order valence-electron chi connectivity index (χ4n) is 4.00. The molecule has 32 heavy (non-hydrogen) atoms. The smallest absolute Gasteiger partial charge is 0.267 e. The maximum Gasteiger partial charge on any atom is 0.267 e. The van der Waals surface area contributed by atoms with Crippen molar-refractivity contribution in [2.24, 2.45) is 5.73 Å². The summed E-state index contributed by atoms with van der Waals surface area (Å²) in [5, 5.41) is 2.88. The number of fused-ring (bicyclic) bond motifs is 1. The Bertz CT molecular complexity index is 1180. The molecule has 0 aliphatic carbocycles. The summed E-state index contributed by atoms with van der Waals surface area (Å²) in [6.45, 7) is 4.65. The van der Waals surface area contributed by atoms with E-state index in [1.54, 1.807) is 25.3 Å². The number of rotatable bonds is 5. The Labute approximate surface area is 187 Å². The molecule has 4 rings (SSSR count). The molecule has 1 aromatic heterocycles. The number of nitrogens with one attached hydrogen (secondary N) is 1. The van der Waals surface area contributed by atoms with E-state index >= 15 is 0 Å². The quantitative estimate of drug-likeness (QED) is 0.736. The van der Waals surface area contributed by atoms with Crippen LogP contribution in [0.1, 0.15) is 30.9 Å². The highest BCUT2D eigenvalue weighted by atomic mass is 19.1. The maximum atomic E-state index is 13.8. The average molecular weight is 431 g/mol. The largest absolute Gasteiger partial charge is 0.349 e. The van der Waals surface area contributed by atoms with Crippen molar-refractivity contribution in [2.75, 3.05) is 13.1 Å². The van der Waals surface area contributed by atoms with Gasteiger partial charge in [-0.1, -0.05) is 18.2 Å². The minimum absolute atomic E-state index is 0.144. The number of hydrogen-bond donors (Lipinski definition) is 2. The molecule has 2 aromatic rings. The molecule has 2 aliphatic heterocycles. The molecule has 0 atom stereocenters. The molecule has 1 amide bonds. The molecule has 0 radical (unpaired) electrons. The first-order valence-electron chi connectivity index (χ1n) is 10.8. The Morgan fingerprint density at radius 2 is 2.09 bits per heavy atom. The van der Waals surface area contributed by atoms with Crippen LogP contribution in [0, 0.1) is 12.7 Å². The van der Waals surface area contributed by atoms with Gasteiger partial charge in [-0.15, -0.1) is 0 Å². The summed E-state index contributed by atoms with van der Waals surface area (Å²) < 4.78 is 13.8. The molecule has 5 nitrogen and oxygen atoms in total. The number of aromatic nitrogens is 1. The lowest BCUT2D eigenvalue weighted by Gasteiger charge is -2.28. The number of nitrogens with zero attached hydrogens (tertiary/aromatic N) is 2. The molecular weight excluding hydrogens is 403 g/mol. The Kier molecular flexibility index (Phi) is 6.32. The number of aryl methyl sites for hydroxylation is 1. The number of benzene rings is 1. The van der Waals surface area contributed by atoms with Crippen LogP contribution in [0.2, 0.25) is 0 Å². The second-order valence-electron chi connectivity index (χ2n) is 7.99. The standard InChI is InChI=1S/C26H27FN4O/c1-17-5-3-7-24(26(32)30-14-12-28)31-16-20(9-11-23(17)31)21-6-4-13-29-25(21)19-8-10-22(27)18(2)15-19/h4,6-11,13,15-16H,3,5,12,14,28H2,1-2H3,(H,30,32). The molecule has 3 N–H and O–H groups in total. The summed E-state index contributed by atoms with van der Waals surface area (Å²) in [5.41, 5.74) is 12.4. The van der Waals surface area contributed by atoms with Gasteiger partial charge in [0.15, 0.2) is 0 Å². The molecule has 0 spiro atoms. The van der Waals surface area contributed by atoms with Crippen LogP contribution in [-0.2, 0) is 4.79 Å². The number of nitrogens with two attached hydrogens (primary N) is 1. The fraction of sp³-hybridized carbons (Fsp3) is 0.231. The van der Waals surface area contributed by atoms with Gasteiger partial charge in [0.05, 0.1) is 5.69 Å². The van der Waals surface area contributed by atoms with Gasteiger partial charge >= 0.3 is 0 Å². The van der Waals surface area contributed by atoms with Gasteiger partial charge in [0.2, 0.25) is 0 Å². The number of halogens is 1. The SMILES string of the molecule is CC1=C2C=CC(c3cccnc3-c3ccc(F)c(C)c3)=CN2C(C(=O)NCCN)=CCC1. The van der Waals surface area contributed by atoms with Crippen LogP contribution in [0.5, 0.6) is 0 Å². The fourth-order valence-corrected chi connectivity index (χ4v) is 4.00. The van der Waals surface area contributed by atoms with Crippen molar-refractivity contribution in [3.8, 4) is 11.3 Å². The van der Waals surface area contributed by atoms with Gasteiger partial charge < -0.3 is 16.0 Å². The number of carbonyl (C=O) groups is 1. The Morgan fingerprint density at radius 3 is 2.88 bits per heavy atom. The van der Waals surface area contributed by atoms with Crippen molar-refractivity contribution >= 4 is 11.5 Å². The number of hydrogen-bond acceptors (Lipinski definition) is 4. The second kappa shape index (κ2) is 9.32. The van der Waals surface area contributed by atoms with Crippen molar-refractivity contribution in [2.45, 2.75) is 26.7 Å². The number of pyridine rings is 1. The van der Waals surface area contributed by atoms with Crippen molar-refractivity contribution < 1.29 is 9.18 Å². The van der Waals surface area contributed by atoms with Gasteiger partial charge in [0.25, 0.3) is 5.91 Å². The molecular formula is C26H27FN4O. The topological polar surface area (TPSA) is 71.2 Å². The van der Waals surface area contributed by atoms with Crippen molar-refractivity contribution in [3.63, 3.8) is 0 Å². The third-order valence-electron chi connectivity index (χ3n) is 5.71. The minimum Gasteiger partial charge on any atom is -0.349 e. The minimum atomic E-state index is -0.240. The molecule has 0 unspecified atom stereocenters. The summed E-state index contributed by atoms with van der Waals surface area (Å²) in [6, 6.07) is 8.90. The normalized spacial score (nSPS) is 15.7. The first-order chi connectivity index (χ1) is 15.5. The summed E-state index contributed by atoms with van der Waals surface area (Å²) in [7, 11) is 0. The maximum absolute atomic E-state index is 13.8. The van der Waals surface area contributed by atoms with E-state index in [1.807, 2.05) is 41.5 Å². The van der Waals surface area contributed by atoms with E-state index in [0.29, 0.717) is 24.4 Å². The molecule has 0 saturated carbocycles. The van der Waals surface area contributed by atoms with Crippen LogP contribution < -0.4 is 11.1 Å². The highest BCUT2D eigenvalue weighted by Crippen LogP contribution is 2.35. The first kappa shape index (κ1) is 21.7. The van der Waals surface area contributed by atoms with Crippen LogP contribution >= 0.6 is 0 Å². The molecule has 1 aromatic carbocycles. The van der Waals surface area contributed by atoms with Gasteiger partial charge in [0.1, 0.15) is 11.5 Å². The molecule has 0 saturated heterocycles. The van der Waals surface area contributed by atoms with Gasteiger partial charge in [-0.05, 0) is 68.2 Å². The van der Waals surface area contributed by atoms with E-state index in [1.165, 1.54) is 11.6 Å². The van der Waals surface area contributed by atoms with Crippen molar-refractivity contribution in [3.05, 3.63) is 94.9 Å². The van der Waals surface area contributed by atoms with Crippen molar-refractivity contribution in [1.82, 2.24) is 15.2 Å². The molecule has 3 heterocycles. The predicted octanol–water partition coefficient (Wildman–Crippen LogP) is 4.44. The van der Waals surface area contributed by atoms with E-state index in [-0.39, 0.29) is 11.7 Å². The number of carbonyl (C=O) groups excluding carboxylic acids is 1. The van der Waals surface area contributed by atoms with Crippen LogP contribution in [-0.4, -0.2) is 28.9 Å². The molecule has 2 aliphatic rings. The van der Waals surface area contributed by atoms with Gasteiger partial charge in [-0.3, -0.25) is 9.78 Å². The number of amides is 1. The summed E-state index contributed by atoms with van der Waals surface area (Å²) in [4.78, 5) is 19.4. The van der Waals surface area contributed by atoms with E-state index < -0.39 is 0 Å². The lowest BCUT2D eigenvalue weighted by molar-refractivity contribution is -0.118. The average Bonchev–Trinajstić information content (AvgIpc) is 2.97. The highest BCUT2D eigenvalue weighted by molar-refractivity contribution is 5.95. The molecule has 0 bridgehead atoms. The Balaban J connectivity index is 1.78. The second-order valence-corrected chi connectivity index (χ2v) is 7.99. The van der Waals surface area contributed by atoms with Gasteiger partial charge in [0, 0.05) is 47.9 Å². The summed E-state index contributed by atoms with van der Waals surface area (Å²) in [6.07, 6.45) is 11.5. The third kappa shape index (κ3) is 4.27. The van der Waals surface area contributed by atoms with Gasteiger partial charge in [-0.25, -0.2) is 4.39 Å². The van der Waals surface area contributed by atoms with Crippen LogP contribution in [0.25, 0.3) is 16.8 Å². The Hall–Kier alpha value is -3.51. The molecule has 0 fully saturated rings. The van der Waals surface area contributed by atoms with E-state index in [9.17, 15) is 9.18 Å². The summed E-state index contributed by atoms with van der Waals surface area (Å²) in [5.74, 6) is -0.384. The zero-order valence-electron chi connectivity index (χ0n) is 18.4. The third-order valence-corrected chi connectivity index (χ3v) is 5.71. The van der Waals surface area contributed by atoms with E-state index in [0.717, 1.165) is 40.9 Å². The molecule has 164 valence electrons. The zero-order chi connectivity index (χ0) is 22.7. The monoisotopic (exact) mass is 430 g/mol. The molecule has 6 heteroatoms. The van der Waals surface area contributed by atoms with E-state index in [4.69, 9.17) is 5.73 Å². The summed E-state index contributed by atoms with van der Waals surface area (Å²) >= 11 is 0. The van der Waals surface area contributed by atoms with Crippen molar-refractivity contribution in [1.29, 1.82) is 0 Å². The van der Waals surface area contributed by atoms with Crippen LogP contribution in [0.3, 0.4) is 0 Å². The lowest BCUT2D eigenvalue weighted by atomic mass is 9.96. The predicted molar refractivity (Wildman–Crippen MR) is 125 cm³/mol. The first-order valence-corrected chi connectivity index (χ1v) is 10.8. The van der Waals surface area contributed by atoms with Crippen LogP contribution in [0.4, 0.5) is 4.39 Å². The van der Waals surface area contributed by atoms with Gasteiger partial charge in [-0.2, -0.15) is 0 Å². The zero-order valence-corrected chi connectivity index (χ0v) is 18.4. The lowest BCUT2D eigenvalue weighted by Crippen LogP contribution is -2.35. The highest BCUT2D eigenvalue weighted by Gasteiger charge is 2.25. The Morgan fingerprint density at radius 1 is 1.25 bits per heavy atom. The number of allylic oxidation sites excluding steroid dienone is 5. The van der Waals surface area contributed by atoms with E-state index in [2.05, 4.69) is 17.2 Å².